The number of nitrogens with zero attached hydrogens (tertiary/aromatic N) is 1. The van der Waals surface area contributed by atoms with E-state index in [0.29, 0.717) is 13.2 Å². The van der Waals surface area contributed by atoms with Crippen LogP contribution in [0, 0.1) is 0 Å². The lowest BCUT2D eigenvalue weighted by atomic mass is 10.3. The summed E-state index contributed by atoms with van der Waals surface area (Å²) in [6, 6.07) is 0. The Labute approximate surface area is 100.0 Å². The highest BCUT2D eigenvalue weighted by Crippen LogP contribution is 1.92. The quantitative estimate of drug-likeness (QED) is 0.544. The van der Waals surface area contributed by atoms with E-state index in [9.17, 15) is 5.11 Å². The first-order chi connectivity index (χ1) is 7.52. The third kappa shape index (κ3) is 11.9. The second-order valence-electron chi connectivity index (χ2n) is 4.75. The van der Waals surface area contributed by atoms with Crippen LogP contribution in [0.1, 0.15) is 26.7 Å². The van der Waals surface area contributed by atoms with Gasteiger partial charge in [0.15, 0.2) is 0 Å². The first kappa shape index (κ1) is 15.8. The molecule has 0 aliphatic heterocycles. The molecule has 98 valence electrons. The van der Waals surface area contributed by atoms with Crippen LogP contribution in [-0.2, 0) is 4.74 Å². The molecular formula is C12H28N2O2. The van der Waals surface area contributed by atoms with Gasteiger partial charge in [-0.3, -0.25) is 0 Å². The lowest BCUT2D eigenvalue weighted by Crippen LogP contribution is -2.32. The van der Waals surface area contributed by atoms with Crippen LogP contribution in [-0.4, -0.2) is 62.6 Å². The van der Waals surface area contributed by atoms with Crippen LogP contribution in [0.4, 0.5) is 0 Å². The molecular weight excluding hydrogens is 204 g/mol. The number of hydrogen-bond acceptors (Lipinski definition) is 4. The lowest BCUT2D eigenvalue weighted by Gasteiger charge is -2.14. The smallest absolute Gasteiger partial charge is 0.0897 e. The van der Waals surface area contributed by atoms with Gasteiger partial charge in [-0.05, 0) is 53.9 Å². The Morgan fingerprint density at radius 3 is 2.50 bits per heavy atom. The molecule has 0 rings (SSSR count). The van der Waals surface area contributed by atoms with Crippen molar-refractivity contribution in [3.63, 3.8) is 0 Å². The van der Waals surface area contributed by atoms with Gasteiger partial charge in [-0.1, -0.05) is 0 Å². The zero-order valence-electron chi connectivity index (χ0n) is 11.2. The molecule has 0 aromatic rings. The van der Waals surface area contributed by atoms with Crippen LogP contribution < -0.4 is 5.32 Å². The van der Waals surface area contributed by atoms with Crippen LogP contribution in [0.3, 0.4) is 0 Å². The van der Waals surface area contributed by atoms with E-state index in [0.717, 1.165) is 19.5 Å². The Bertz CT molecular complexity index is 152. The van der Waals surface area contributed by atoms with Gasteiger partial charge < -0.3 is 20.1 Å². The number of unbranched alkanes of at least 4 members (excludes halogenated alkanes) is 1. The Kier molecular flexibility index (Phi) is 9.92. The monoisotopic (exact) mass is 232 g/mol. The standard InChI is InChI=1S/C12H28N2O2/c1-11(2)16-10-12(15)9-13-7-5-6-8-14(3)4/h11-13,15H,5-10H2,1-4H3. The van der Waals surface area contributed by atoms with Gasteiger partial charge in [0.1, 0.15) is 0 Å². The molecule has 1 atom stereocenters. The molecule has 0 bridgehead atoms. The van der Waals surface area contributed by atoms with Gasteiger partial charge in [-0.25, -0.2) is 0 Å². The first-order valence-electron chi connectivity index (χ1n) is 6.17. The molecule has 0 radical (unpaired) electrons. The van der Waals surface area contributed by atoms with Crippen molar-refractivity contribution in [3.8, 4) is 0 Å². The predicted molar refractivity (Wildman–Crippen MR) is 67.8 cm³/mol. The number of rotatable bonds is 10. The van der Waals surface area contributed by atoms with Gasteiger partial charge in [0.05, 0.1) is 18.8 Å². The second-order valence-corrected chi connectivity index (χ2v) is 4.75. The summed E-state index contributed by atoms with van der Waals surface area (Å²) in [5, 5.41) is 12.8. The van der Waals surface area contributed by atoms with E-state index in [-0.39, 0.29) is 6.10 Å². The summed E-state index contributed by atoms with van der Waals surface area (Å²) in [5.41, 5.74) is 0. The Hall–Kier alpha value is -0.160. The average Bonchev–Trinajstić information content (AvgIpc) is 2.19. The summed E-state index contributed by atoms with van der Waals surface area (Å²) in [6.07, 6.45) is 2.14. The molecule has 4 heteroatoms. The Balaban J connectivity index is 3.18. The summed E-state index contributed by atoms with van der Waals surface area (Å²) in [7, 11) is 4.17. The van der Waals surface area contributed by atoms with Crippen molar-refractivity contribution >= 4 is 0 Å². The van der Waals surface area contributed by atoms with Crippen molar-refractivity contribution in [2.24, 2.45) is 0 Å². The Morgan fingerprint density at radius 2 is 1.94 bits per heavy atom. The maximum absolute atomic E-state index is 9.55. The van der Waals surface area contributed by atoms with Crippen LogP contribution in [0.25, 0.3) is 0 Å². The number of hydrogen-bond donors (Lipinski definition) is 2. The van der Waals surface area contributed by atoms with Crippen LogP contribution in [0.2, 0.25) is 0 Å². The topological polar surface area (TPSA) is 44.7 Å². The van der Waals surface area contributed by atoms with Crippen molar-refractivity contribution in [1.29, 1.82) is 0 Å². The molecule has 0 spiro atoms. The lowest BCUT2D eigenvalue weighted by molar-refractivity contribution is 0.00645. The van der Waals surface area contributed by atoms with Crippen molar-refractivity contribution < 1.29 is 9.84 Å². The first-order valence-corrected chi connectivity index (χ1v) is 6.17. The normalized spacial score (nSPS) is 13.7. The minimum atomic E-state index is -0.392. The van der Waals surface area contributed by atoms with Crippen molar-refractivity contribution in [1.82, 2.24) is 10.2 Å². The zero-order chi connectivity index (χ0) is 12.4. The number of ether oxygens (including phenoxy) is 1. The fraction of sp³-hybridized carbons (Fsp3) is 1.00. The molecule has 2 N–H and O–H groups in total. The number of nitrogens with one attached hydrogen (secondary N) is 1. The molecule has 0 aromatic heterocycles. The molecule has 0 amide bonds. The van der Waals surface area contributed by atoms with E-state index in [2.05, 4.69) is 24.3 Å². The number of aliphatic hydroxyl groups excluding tert-OH is 1. The molecule has 16 heavy (non-hydrogen) atoms. The van der Waals surface area contributed by atoms with Gasteiger partial charge in [-0.2, -0.15) is 0 Å². The molecule has 0 aliphatic rings. The fourth-order valence-corrected chi connectivity index (χ4v) is 1.31. The summed E-state index contributed by atoms with van der Waals surface area (Å²) in [4.78, 5) is 2.19. The largest absolute Gasteiger partial charge is 0.389 e. The predicted octanol–water partition coefficient (Wildman–Crippen LogP) is 0.704. The molecule has 0 heterocycles. The Morgan fingerprint density at radius 1 is 1.25 bits per heavy atom. The van der Waals surface area contributed by atoms with E-state index < -0.39 is 6.10 Å². The molecule has 0 aliphatic carbocycles. The average molecular weight is 232 g/mol. The number of aliphatic hydroxyl groups is 1. The van der Waals surface area contributed by atoms with Gasteiger partial charge in [0.25, 0.3) is 0 Å². The van der Waals surface area contributed by atoms with Gasteiger partial charge >= 0.3 is 0 Å². The van der Waals surface area contributed by atoms with Gasteiger partial charge in [-0.15, -0.1) is 0 Å². The summed E-state index contributed by atoms with van der Waals surface area (Å²) < 4.78 is 5.32. The van der Waals surface area contributed by atoms with Gasteiger partial charge in [0.2, 0.25) is 0 Å². The van der Waals surface area contributed by atoms with E-state index in [1.54, 1.807) is 0 Å². The molecule has 0 aromatic carbocycles. The van der Waals surface area contributed by atoms with E-state index in [1.807, 2.05) is 13.8 Å². The fourth-order valence-electron chi connectivity index (χ4n) is 1.31. The minimum Gasteiger partial charge on any atom is -0.389 e. The maximum Gasteiger partial charge on any atom is 0.0897 e. The molecule has 0 saturated heterocycles. The van der Waals surface area contributed by atoms with Crippen molar-refractivity contribution in [2.45, 2.75) is 38.9 Å². The molecule has 1 unspecified atom stereocenters. The summed E-state index contributed by atoms with van der Waals surface area (Å²) in [5.74, 6) is 0. The van der Waals surface area contributed by atoms with Crippen LogP contribution in [0.15, 0.2) is 0 Å². The van der Waals surface area contributed by atoms with Crippen LogP contribution in [0.5, 0.6) is 0 Å². The van der Waals surface area contributed by atoms with E-state index in [1.165, 1.54) is 6.42 Å². The molecule has 0 fully saturated rings. The van der Waals surface area contributed by atoms with Crippen molar-refractivity contribution in [3.05, 3.63) is 0 Å². The molecule has 4 nitrogen and oxygen atoms in total. The third-order valence-corrected chi connectivity index (χ3v) is 2.21. The minimum absolute atomic E-state index is 0.190. The highest BCUT2D eigenvalue weighted by molar-refractivity contribution is 4.59. The summed E-state index contributed by atoms with van der Waals surface area (Å²) >= 11 is 0. The zero-order valence-corrected chi connectivity index (χ0v) is 11.2. The van der Waals surface area contributed by atoms with Crippen molar-refractivity contribution in [2.75, 3.05) is 40.3 Å². The van der Waals surface area contributed by atoms with Crippen LogP contribution >= 0.6 is 0 Å². The maximum atomic E-state index is 9.55. The third-order valence-electron chi connectivity index (χ3n) is 2.21. The highest BCUT2D eigenvalue weighted by atomic mass is 16.5. The highest BCUT2D eigenvalue weighted by Gasteiger charge is 2.04. The SMILES string of the molecule is CC(C)OCC(O)CNCCCCN(C)C. The molecule has 0 saturated carbocycles. The second kappa shape index (κ2) is 10.0. The van der Waals surface area contributed by atoms with E-state index in [4.69, 9.17) is 4.74 Å². The summed E-state index contributed by atoms with van der Waals surface area (Å²) in [6.45, 7) is 7.08. The van der Waals surface area contributed by atoms with E-state index >= 15 is 0 Å². The van der Waals surface area contributed by atoms with Gasteiger partial charge in [0, 0.05) is 6.54 Å².